The van der Waals surface area contributed by atoms with Crippen LogP contribution in [0.1, 0.15) is 56.6 Å². The Balaban J connectivity index is 1.50. The lowest BCUT2D eigenvalue weighted by atomic mass is 9.73. The van der Waals surface area contributed by atoms with Crippen LogP contribution in [0, 0.1) is 12.8 Å². The maximum absolute atomic E-state index is 2.83. The van der Waals surface area contributed by atoms with E-state index in [9.17, 15) is 0 Å². The van der Waals surface area contributed by atoms with E-state index < -0.39 is 0 Å². The Morgan fingerprint density at radius 2 is 1.91 bits per heavy atom. The summed E-state index contributed by atoms with van der Waals surface area (Å²) in [5, 5.41) is 0. The van der Waals surface area contributed by atoms with Crippen molar-refractivity contribution in [3.8, 4) is 0 Å². The largest absolute Gasteiger partial charge is 0.373 e. The Kier molecular flexibility index (Phi) is 3.91. The van der Waals surface area contributed by atoms with Crippen molar-refractivity contribution in [2.45, 2.75) is 63.8 Å². The first-order valence-corrected chi connectivity index (χ1v) is 9.64. The number of aryl methyl sites for hydroxylation is 1. The molecule has 1 saturated heterocycles. The van der Waals surface area contributed by atoms with Gasteiger partial charge in [-0.25, -0.2) is 0 Å². The Morgan fingerprint density at radius 3 is 2.65 bits per heavy atom. The monoisotopic (exact) mass is 312 g/mol. The number of nitrogens with zero attached hydrogens (tertiary/aromatic N) is 2. The Bertz CT molecular complexity index is 571. The molecule has 4 rings (SSSR count). The van der Waals surface area contributed by atoms with Crippen LogP contribution in [-0.4, -0.2) is 37.6 Å². The Morgan fingerprint density at radius 1 is 1.13 bits per heavy atom. The molecule has 0 aromatic heterocycles. The second-order valence-corrected chi connectivity index (χ2v) is 8.62. The smallest absolute Gasteiger partial charge is 0.0403 e. The number of benzene rings is 1. The number of likely N-dealkylation sites (N-methyl/N-ethyl adjacent to an activating group) is 1. The molecule has 2 nitrogen and oxygen atoms in total. The van der Waals surface area contributed by atoms with Crippen LogP contribution in [0.3, 0.4) is 0 Å². The van der Waals surface area contributed by atoms with Gasteiger partial charge in [0.15, 0.2) is 0 Å². The van der Waals surface area contributed by atoms with Crippen LogP contribution >= 0.6 is 0 Å². The lowest BCUT2D eigenvalue weighted by Gasteiger charge is -2.45. The summed E-state index contributed by atoms with van der Waals surface area (Å²) in [6, 6.07) is 7.95. The Labute approximate surface area is 141 Å². The van der Waals surface area contributed by atoms with Gasteiger partial charge >= 0.3 is 0 Å². The summed E-state index contributed by atoms with van der Waals surface area (Å²) in [5.74, 6) is 0.936. The minimum Gasteiger partial charge on any atom is -0.373 e. The van der Waals surface area contributed by atoms with Gasteiger partial charge in [-0.2, -0.15) is 0 Å². The molecule has 0 N–H and O–H groups in total. The second-order valence-electron chi connectivity index (χ2n) is 8.62. The van der Waals surface area contributed by atoms with Gasteiger partial charge in [-0.15, -0.1) is 0 Å². The van der Waals surface area contributed by atoms with Gasteiger partial charge in [-0.1, -0.05) is 37.5 Å². The van der Waals surface area contributed by atoms with Crippen molar-refractivity contribution in [3.63, 3.8) is 0 Å². The molecule has 2 fully saturated rings. The molecule has 3 aliphatic rings. The molecule has 126 valence electrons. The standard InChI is InChI=1S/C21H32N2/c1-16-5-4-6-18(13-16)23-11-9-21(10-12-23)15-22(3)20-8-7-17(2)14-19(20)21/h7-8,14,16,18H,4-6,9-13,15H2,1-3H3/t16-,18?/m1/s1. The van der Waals surface area contributed by atoms with Crippen LogP contribution in [0.15, 0.2) is 18.2 Å². The van der Waals surface area contributed by atoms with Crippen LogP contribution < -0.4 is 4.90 Å². The van der Waals surface area contributed by atoms with Crippen LogP contribution in [0.5, 0.6) is 0 Å². The first-order chi connectivity index (χ1) is 11.1. The van der Waals surface area contributed by atoms with Gasteiger partial charge < -0.3 is 9.80 Å². The topological polar surface area (TPSA) is 6.48 Å². The lowest BCUT2D eigenvalue weighted by molar-refractivity contribution is 0.0845. The van der Waals surface area contributed by atoms with Gasteiger partial charge in [0.05, 0.1) is 0 Å². The molecule has 0 amide bonds. The van der Waals surface area contributed by atoms with Crippen molar-refractivity contribution < 1.29 is 0 Å². The minimum absolute atomic E-state index is 0.423. The van der Waals surface area contributed by atoms with E-state index in [1.54, 1.807) is 5.56 Å². The first-order valence-electron chi connectivity index (χ1n) is 9.64. The van der Waals surface area contributed by atoms with Crippen molar-refractivity contribution in [3.05, 3.63) is 29.3 Å². The molecule has 2 heteroatoms. The third-order valence-corrected chi connectivity index (χ3v) is 6.85. The summed E-state index contributed by atoms with van der Waals surface area (Å²) in [5.41, 5.74) is 4.96. The van der Waals surface area contributed by atoms with E-state index in [0.717, 1.165) is 12.0 Å². The third-order valence-electron chi connectivity index (χ3n) is 6.85. The molecule has 0 bridgehead atoms. The molecule has 2 atom stereocenters. The van der Waals surface area contributed by atoms with E-state index in [4.69, 9.17) is 0 Å². The van der Waals surface area contributed by atoms with Gasteiger partial charge in [-0.05, 0) is 63.2 Å². The van der Waals surface area contributed by atoms with Crippen LogP contribution in [0.2, 0.25) is 0 Å². The molecular formula is C21H32N2. The molecular weight excluding hydrogens is 280 g/mol. The number of likely N-dealkylation sites (tertiary alicyclic amines) is 1. The minimum atomic E-state index is 0.423. The van der Waals surface area contributed by atoms with E-state index in [1.807, 2.05) is 0 Å². The molecule has 0 radical (unpaired) electrons. The van der Waals surface area contributed by atoms with Crippen molar-refractivity contribution in [1.82, 2.24) is 4.90 Å². The molecule has 1 aromatic carbocycles. The summed E-state index contributed by atoms with van der Waals surface area (Å²) in [4.78, 5) is 5.32. The highest BCUT2D eigenvalue weighted by Gasteiger charge is 2.44. The van der Waals surface area contributed by atoms with E-state index in [0.29, 0.717) is 5.41 Å². The average molecular weight is 313 g/mol. The van der Waals surface area contributed by atoms with Crippen molar-refractivity contribution in [1.29, 1.82) is 0 Å². The van der Waals surface area contributed by atoms with Crippen molar-refractivity contribution >= 4 is 5.69 Å². The molecule has 1 aliphatic carbocycles. The molecule has 1 saturated carbocycles. The maximum atomic E-state index is 2.83. The fourth-order valence-corrected chi connectivity index (χ4v) is 5.51. The van der Waals surface area contributed by atoms with Crippen LogP contribution in [0.4, 0.5) is 5.69 Å². The van der Waals surface area contributed by atoms with E-state index in [2.05, 4.69) is 48.9 Å². The predicted molar refractivity (Wildman–Crippen MR) is 98.4 cm³/mol. The summed E-state index contributed by atoms with van der Waals surface area (Å²) in [6.45, 7) is 8.52. The molecule has 1 spiro atoms. The zero-order chi connectivity index (χ0) is 16.0. The normalized spacial score (nSPS) is 30.7. The summed E-state index contributed by atoms with van der Waals surface area (Å²) >= 11 is 0. The number of piperidine rings is 1. The van der Waals surface area contributed by atoms with Gasteiger partial charge in [0.25, 0.3) is 0 Å². The van der Waals surface area contributed by atoms with Crippen molar-refractivity contribution in [2.75, 3.05) is 31.6 Å². The Hall–Kier alpha value is -1.02. The van der Waals surface area contributed by atoms with E-state index in [1.165, 1.54) is 69.4 Å². The highest BCUT2D eigenvalue weighted by molar-refractivity contribution is 5.63. The van der Waals surface area contributed by atoms with Crippen molar-refractivity contribution in [2.24, 2.45) is 5.92 Å². The number of anilines is 1. The lowest BCUT2D eigenvalue weighted by Crippen LogP contribution is -2.49. The van der Waals surface area contributed by atoms with E-state index in [-0.39, 0.29) is 0 Å². The number of hydrogen-bond acceptors (Lipinski definition) is 2. The molecule has 2 aliphatic heterocycles. The van der Waals surface area contributed by atoms with Gasteiger partial charge in [0, 0.05) is 30.7 Å². The summed E-state index contributed by atoms with van der Waals surface area (Å²) in [7, 11) is 2.28. The third kappa shape index (κ3) is 2.69. The molecule has 23 heavy (non-hydrogen) atoms. The zero-order valence-electron chi connectivity index (χ0n) is 15.1. The van der Waals surface area contributed by atoms with Gasteiger partial charge in [0.2, 0.25) is 0 Å². The fourth-order valence-electron chi connectivity index (χ4n) is 5.51. The maximum Gasteiger partial charge on any atom is 0.0403 e. The second kappa shape index (κ2) is 5.81. The highest BCUT2D eigenvalue weighted by Crippen LogP contribution is 2.47. The molecule has 2 heterocycles. The fraction of sp³-hybridized carbons (Fsp3) is 0.714. The first kappa shape index (κ1) is 15.5. The average Bonchev–Trinajstić information content (AvgIpc) is 2.80. The number of hydrogen-bond donors (Lipinski definition) is 0. The van der Waals surface area contributed by atoms with E-state index >= 15 is 0 Å². The molecule has 1 aromatic rings. The summed E-state index contributed by atoms with van der Waals surface area (Å²) < 4.78 is 0. The SMILES string of the molecule is Cc1ccc2c(c1)C1(CCN(C3CCC[C@@H](C)C3)CC1)CN2C. The number of fused-ring (bicyclic) bond motifs is 2. The number of rotatable bonds is 1. The zero-order valence-corrected chi connectivity index (χ0v) is 15.1. The highest BCUT2D eigenvalue weighted by atomic mass is 15.2. The predicted octanol–water partition coefficient (Wildman–Crippen LogP) is 4.36. The summed E-state index contributed by atoms with van der Waals surface area (Å²) in [6.07, 6.45) is 8.46. The quantitative estimate of drug-likeness (QED) is 0.760. The molecule has 1 unspecified atom stereocenters. The van der Waals surface area contributed by atoms with Gasteiger partial charge in [0.1, 0.15) is 0 Å². The van der Waals surface area contributed by atoms with Crippen LogP contribution in [-0.2, 0) is 5.41 Å². The van der Waals surface area contributed by atoms with Crippen LogP contribution in [0.25, 0.3) is 0 Å². The van der Waals surface area contributed by atoms with Gasteiger partial charge in [-0.3, -0.25) is 0 Å².